The first kappa shape index (κ1) is 17.4. The predicted octanol–water partition coefficient (Wildman–Crippen LogP) is 3.89. The molecule has 0 spiro atoms. The topological polar surface area (TPSA) is 63.9 Å². The molecule has 0 bridgehead atoms. The standard InChI is InChI=1S/C20H19N5OS/c1-13-10-14(2)18-16(11-13)23-20(27-18)25(12-15-6-4-5-8-21-15)19(26)17-7-9-22-24(17)3/h4-11H,12H2,1-3H3. The van der Waals surface area contributed by atoms with Gasteiger partial charge in [0, 0.05) is 19.4 Å². The normalized spacial score (nSPS) is 11.1. The van der Waals surface area contributed by atoms with Crippen molar-refractivity contribution in [3.05, 3.63) is 71.3 Å². The van der Waals surface area contributed by atoms with Gasteiger partial charge in [-0.2, -0.15) is 5.10 Å². The van der Waals surface area contributed by atoms with Crippen LogP contribution >= 0.6 is 11.3 Å². The Labute approximate surface area is 161 Å². The van der Waals surface area contributed by atoms with Crippen LogP contribution in [0.25, 0.3) is 10.2 Å². The summed E-state index contributed by atoms with van der Waals surface area (Å²) < 4.78 is 2.68. The van der Waals surface area contributed by atoms with Crippen molar-refractivity contribution in [1.82, 2.24) is 19.7 Å². The summed E-state index contributed by atoms with van der Waals surface area (Å²) in [7, 11) is 1.76. The lowest BCUT2D eigenvalue weighted by molar-refractivity contribution is 0.0975. The molecule has 6 nitrogen and oxygen atoms in total. The van der Waals surface area contributed by atoms with Gasteiger partial charge in [-0.25, -0.2) is 4.98 Å². The van der Waals surface area contributed by atoms with Crippen LogP contribution in [-0.2, 0) is 13.6 Å². The number of thiazole rings is 1. The number of pyridine rings is 1. The molecule has 0 saturated heterocycles. The first-order valence-corrected chi connectivity index (χ1v) is 9.42. The van der Waals surface area contributed by atoms with Gasteiger partial charge in [-0.1, -0.05) is 23.5 Å². The Balaban J connectivity index is 1.81. The van der Waals surface area contributed by atoms with Crippen LogP contribution in [-0.4, -0.2) is 25.7 Å². The number of carbonyl (C=O) groups is 1. The number of hydrogen-bond acceptors (Lipinski definition) is 5. The van der Waals surface area contributed by atoms with Crippen molar-refractivity contribution < 1.29 is 4.79 Å². The minimum absolute atomic E-state index is 0.144. The van der Waals surface area contributed by atoms with Gasteiger partial charge in [0.15, 0.2) is 5.13 Å². The molecule has 0 aliphatic heterocycles. The summed E-state index contributed by atoms with van der Waals surface area (Å²) in [5, 5.41) is 4.79. The average molecular weight is 377 g/mol. The van der Waals surface area contributed by atoms with E-state index >= 15 is 0 Å². The van der Waals surface area contributed by atoms with E-state index in [9.17, 15) is 4.79 Å². The summed E-state index contributed by atoms with van der Waals surface area (Å²) in [6.45, 7) is 4.48. The highest BCUT2D eigenvalue weighted by Gasteiger charge is 2.24. The van der Waals surface area contributed by atoms with E-state index in [1.807, 2.05) is 18.2 Å². The molecule has 0 fully saturated rings. The molecule has 0 radical (unpaired) electrons. The lowest BCUT2D eigenvalue weighted by Gasteiger charge is -2.19. The first-order chi connectivity index (χ1) is 13.0. The molecular weight excluding hydrogens is 358 g/mol. The van der Waals surface area contributed by atoms with Crippen LogP contribution in [0.3, 0.4) is 0 Å². The molecule has 0 aliphatic carbocycles. The molecule has 3 aromatic heterocycles. The third kappa shape index (κ3) is 3.33. The molecule has 0 atom stereocenters. The van der Waals surface area contributed by atoms with E-state index in [0.717, 1.165) is 21.5 Å². The van der Waals surface area contributed by atoms with E-state index in [1.165, 1.54) is 16.9 Å². The number of benzene rings is 1. The molecule has 1 amide bonds. The van der Waals surface area contributed by atoms with Gasteiger partial charge in [-0.3, -0.25) is 19.4 Å². The maximum absolute atomic E-state index is 13.3. The number of carbonyl (C=O) groups excluding carboxylic acids is 1. The molecule has 0 unspecified atom stereocenters. The lowest BCUT2D eigenvalue weighted by atomic mass is 10.1. The fourth-order valence-electron chi connectivity index (χ4n) is 3.08. The van der Waals surface area contributed by atoms with Gasteiger partial charge >= 0.3 is 0 Å². The highest BCUT2D eigenvalue weighted by molar-refractivity contribution is 7.22. The minimum Gasteiger partial charge on any atom is -0.277 e. The largest absolute Gasteiger partial charge is 0.278 e. The SMILES string of the molecule is Cc1cc(C)c2sc(N(Cc3ccccn3)C(=O)c3ccnn3C)nc2c1. The Bertz CT molecular complexity index is 1120. The summed E-state index contributed by atoms with van der Waals surface area (Å²) in [5.74, 6) is -0.144. The number of aryl methyl sites for hydroxylation is 3. The van der Waals surface area contributed by atoms with Gasteiger partial charge in [-0.05, 0) is 49.2 Å². The zero-order valence-corrected chi connectivity index (χ0v) is 16.2. The maximum Gasteiger partial charge on any atom is 0.278 e. The number of amides is 1. The van der Waals surface area contributed by atoms with E-state index in [0.29, 0.717) is 17.4 Å². The average Bonchev–Trinajstić information content (AvgIpc) is 3.26. The molecule has 0 aliphatic rings. The van der Waals surface area contributed by atoms with Crippen molar-refractivity contribution >= 4 is 32.6 Å². The Kier molecular flexibility index (Phi) is 4.45. The second kappa shape index (κ2) is 6.92. The summed E-state index contributed by atoms with van der Waals surface area (Å²) in [6, 6.07) is 11.6. The van der Waals surface area contributed by atoms with Crippen LogP contribution in [0.2, 0.25) is 0 Å². The van der Waals surface area contributed by atoms with Crippen LogP contribution < -0.4 is 4.90 Å². The molecule has 3 heterocycles. The van der Waals surface area contributed by atoms with Gasteiger partial charge in [0.25, 0.3) is 5.91 Å². The van der Waals surface area contributed by atoms with Crippen LogP contribution in [0.15, 0.2) is 48.8 Å². The smallest absolute Gasteiger partial charge is 0.277 e. The van der Waals surface area contributed by atoms with E-state index in [-0.39, 0.29) is 5.91 Å². The first-order valence-electron chi connectivity index (χ1n) is 8.60. The molecule has 27 heavy (non-hydrogen) atoms. The summed E-state index contributed by atoms with van der Waals surface area (Å²) >= 11 is 1.53. The monoisotopic (exact) mass is 377 g/mol. The third-order valence-electron chi connectivity index (χ3n) is 4.37. The number of hydrogen-bond donors (Lipinski definition) is 0. The number of aromatic nitrogens is 4. The van der Waals surface area contributed by atoms with Crippen LogP contribution in [0.5, 0.6) is 0 Å². The van der Waals surface area contributed by atoms with E-state index in [1.54, 1.807) is 35.1 Å². The number of fused-ring (bicyclic) bond motifs is 1. The van der Waals surface area contributed by atoms with Crippen molar-refractivity contribution in [2.45, 2.75) is 20.4 Å². The fraction of sp³-hybridized carbons (Fsp3) is 0.200. The quantitative estimate of drug-likeness (QED) is 0.541. The van der Waals surface area contributed by atoms with Crippen LogP contribution in [0.4, 0.5) is 5.13 Å². The van der Waals surface area contributed by atoms with Gasteiger partial charge in [0.05, 0.1) is 22.5 Å². The van der Waals surface area contributed by atoms with Crippen LogP contribution in [0, 0.1) is 13.8 Å². The van der Waals surface area contributed by atoms with E-state index in [2.05, 4.69) is 36.1 Å². The molecule has 4 rings (SSSR count). The second-order valence-corrected chi connectivity index (χ2v) is 7.46. The molecule has 1 aromatic carbocycles. The zero-order chi connectivity index (χ0) is 19.0. The lowest BCUT2D eigenvalue weighted by Crippen LogP contribution is -2.32. The number of nitrogens with zero attached hydrogens (tertiary/aromatic N) is 5. The van der Waals surface area contributed by atoms with Crippen molar-refractivity contribution in [3.63, 3.8) is 0 Å². The Morgan fingerprint density at radius 3 is 2.74 bits per heavy atom. The highest BCUT2D eigenvalue weighted by atomic mass is 32.1. The van der Waals surface area contributed by atoms with E-state index in [4.69, 9.17) is 4.98 Å². The third-order valence-corrected chi connectivity index (χ3v) is 5.60. The van der Waals surface area contributed by atoms with Crippen LogP contribution in [0.1, 0.15) is 27.3 Å². The minimum atomic E-state index is -0.144. The molecule has 0 saturated carbocycles. The van der Waals surface area contributed by atoms with Crippen molar-refractivity contribution in [1.29, 1.82) is 0 Å². The van der Waals surface area contributed by atoms with Gasteiger partial charge in [-0.15, -0.1) is 0 Å². The van der Waals surface area contributed by atoms with E-state index < -0.39 is 0 Å². The van der Waals surface area contributed by atoms with Crippen molar-refractivity contribution in [3.8, 4) is 0 Å². The predicted molar refractivity (Wildman–Crippen MR) is 107 cm³/mol. The summed E-state index contributed by atoms with van der Waals surface area (Å²) in [4.78, 5) is 24.1. The summed E-state index contributed by atoms with van der Waals surface area (Å²) in [5.41, 5.74) is 4.56. The molecule has 4 aromatic rings. The number of rotatable bonds is 4. The Morgan fingerprint density at radius 1 is 1.19 bits per heavy atom. The maximum atomic E-state index is 13.3. The number of anilines is 1. The second-order valence-electron chi connectivity index (χ2n) is 6.48. The van der Waals surface area contributed by atoms with Crippen molar-refractivity contribution in [2.24, 2.45) is 7.05 Å². The zero-order valence-electron chi connectivity index (χ0n) is 15.4. The highest BCUT2D eigenvalue weighted by Crippen LogP contribution is 2.33. The Morgan fingerprint density at radius 2 is 2.04 bits per heavy atom. The molecule has 7 heteroatoms. The molecule has 0 N–H and O–H groups in total. The van der Waals surface area contributed by atoms with Gasteiger partial charge in [0.1, 0.15) is 5.69 Å². The fourth-order valence-corrected chi connectivity index (χ4v) is 4.10. The molecular formula is C20H19N5OS. The Hall–Kier alpha value is -3.06. The van der Waals surface area contributed by atoms with Gasteiger partial charge < -0.3 is 0 Å². The summed E-state index contributed by atoms with van der Waals surface area (Å²) in [6.07, 6.45) is 3.35. The van der Waals surface area contributed by atoms with Gasteiger partial charge in [0.2, 0.25) is 0 Å². The van der Waals surface area contributed by atoms with Crippen molar-refractivity contribution in [2.75, 3.05) is 4.90 Å². The molecule has 136 valence electrons.